The van der Waals surface area contributed by atoms with Gasteiger partial charge in [-0.05, 0) is 24.3 Å². The number of halogens is 3. The van der Waals surface area contributed by atoms with Crippen molar-refractivity contribution in [1.29, 1.82) is 0 Å². The Morgan fingerprint density at radius 2 is 1.39 bits per heavy atom. The summed E-state index contributed by atoms with van der Waals surface area (Å²) in [5.41, 5.74) is -0.631. The van der Waals surface area contributed by atoms with Gasteiger partial charge in [0.2, 0.25) is 0 Å². The van der Waals surface area contributed by atoms with Crippen molar-refractivity contribution in [3.8, 4) is 5.75 Å². The Kier molecular flexibility index (Phi) is 3.14. The van der Waals surface area contributed by atoms with E-state index >= 15 is 0 Å². The topological polar surface area (TPSA) is 32.3 Å². The molecule has 2 aromatic carbocycles. The summed E-state index contributed by atoms with van der Waals surface area (Å²) < 4.78 is 38.2. The van der Waals surface area contributed by atoms with Crippen molar-refractivity contribution >= 4 is 11.4 Å². The van der Waals surface area contributed by atoms with Gasteiger partial charge in [0, 0.05) is 0 Å². The first-order valence-electron chi connectivity index (χ1n) is 5.20. The molecule has 0 saturated heterocycles. The van der Waals surface area contributed by atoms with Gasteiger partial charge < -0.3 is 10.4 Å². The van der Waals surface area contributed by atoms with Gasteiger partial charge in [-0.25, -0.2) is 0 Å². The molecule has 0 unspecified atom stereocenters. The average molecular weight is 253 g/mol. The van der Waals surface area contributed by atoms with Crippen molar-refractivity contribution in [2.45, 2.75) is 6.18 Å². The van der Waals surface area contributed by atoms with Crippen LogP contribution in [0.2, 0.25) is 0 Å². The van der Waals surface area contributed by atoms with E-state index < -0.39 is 11.7 Å². The number of rotatable bonds is 2. The first-order chi connectivity index (χ1) is 8.48. The van der Waals surface area contributed by atoms with Gasteiger partial charge in [-0.15, -0.1) is 0 Å². The summed E-state index contributed by atoms with van der Waals surface area (Å²) in [7, 11) is 0. The number of para-hydroxylation sites is 3. The van der Waals surface area contributed by atoms with Crippen molar-refractivity contribution in [2.75, 3.05) is 5.32 Å². The Morgan fingerprint density at radius 1 is 0.833 bits per heavy atom. The van der Waals surface area contributed by atoms with Crippen LogP contribution < -0.4 is 5.32 Å². The normalized spacial score (nSPS) is 11.3. The fraction of sp³-hybridized carbons (Fsp3) is 0.0769. The molecule has 0 bridgehead atoms. The van der Waals surface area contributed by atoms with Crippen molar-refractivity contribution in [3.63, 3.8) is 0 Å². The molecule has 94 valence electrons. The van der Waals surface area contributed by atoms with Gasteiger partial charge in [-0.1, -0.05) is 24.3 Å². The number of phenols is 1. The van der Waals surface area contributed by atoms with Gasteiger partial charge in [0.1, 0.15) is 5.75 Å². The van der Waals surface area contributed by atoms with Gasteiger partial charge in [-0.2, -0.15) is 13.2 Å². The minimum atomic E-state index is -4.44. The van der Waals surface area contributed by atoms with Crippen LogP contribution in [0.15, 0.2) is 48.5 Å². The zero-order valence-electron chi connectivity index (χ0n) is 9.20. The van der Waals surface area contributed by atoms with Crippen LogP contribution in [0.5, 0.6) is 5.75 Å². The molecule has 0 saturated carbocycles. The summed E-state index contributed by atoms with van der Waals surface area (Å²) >= 11 is 0. The van der Waals surface area contributed by atoms with Gasteiger partial charge in [0.25, 0.3) is 0 Å². The molecule has 2 rings (SSSR count). The molecule has 0 radical (unpaired) electrons. The fourth-order valence-electron chi connectivity index (χ4n) is 1.56. The molecule has 0 aliphatic rings. The monoisotopic (exact) mass is 253 g/mol. The number of phenolic OH excluding ortho intramolecular Hbond substituents is 1. The second-order valence-corrected chi connectivity index (χ2v) is 3.69. The summed E-state index contributed by atoms with van der Waals surface area (Å²) in [6.45, 7) is 0. The van der Waals surface area contributed by atoms with Crippen LogP contribution in [0.4, 0.5) is 24.5 Å². The molecule has 2 N–H and O–H groups in total. The van der Waals surface area contributed by atoms with Crippen molar-refractivity contribution in [3.05, 3.63) is 54.1 Å². The molecule has 18 heavy (non-hydrogen) atoms. The molecule has 5 heteroatoms. The van der Waals surface area contributed by atoms with Gasteiger partial charge in [0.05, 0.1) is 16.9 Å². The molecular formula is C13H10F3NO. The maximum atomic E-state index is 12.7. The minimum absolute atomic E-state index is 0.0912. The van der Waals surface area contributed by atoms with Crippen LogP contribution in [0.1, 0.15) is 5.56 Å². The highest BCUT2D eigenvalue weighted by molar-refractivity contribution is 5.68. The summed E-state index contributed by atoms with van der Waals surface area (Å²) in [5, 5.41) is 12.1. The maximum Gasteiger partial charge on any atom is 0.418 e. The van der Waals surface area contributed by atoms with E-state index in [4.69, 9.17) is 0 Å². The smallest absolute Gasteiger partial charge is 0.418 e. The molecule has 2 aromatic rings. The Balaban J connectivity index is 2.39. The largest absolute Gasteiger partial charge is 0.506 e. The standard InChI is InChI=1S/C13H10F3NO/c14-13(15,16)9-5-1-2-6-10(9)17-11-7-3-4-8-12(11)18/h1-8,17-18H. The molecular weight excluding hydrogens is 243 g/mol. The van der Waals surface area contributed by atoms with E-state index in [1.54, 1.807) is 12.1 Å². The summed E-state index contributed by atoms with van der Waals surface area (Å²) in [6.07, 6.45) is -4.44. The first kappa shape index (κ1) is 12.3. The zero-order chi connectivity index (χ0) is 13.2. The highest BCUT2D eigenvalue weighted by atomic mass is 19.4. The number of aromatic hydroxyl groups is 1. The molecule has 0 heterocycles. The first-order valence-corrected chi connectivity index (χ1v) is 5.20. The predicted molar refractivity (Wildman–Crippen MR) is 62.8 cm³/mol. The highest BCUT2D eigenvalue weighted by Gasteiger charge is 2.33. The molecule has 0 aliphatic heterocycles. The molecule has 2 nitrogen and oxygen atoms in total. The van der Waals surface area contributed by atoms with E-state index in [0.717, 1.165) is 6.07 Å². The third-order valence-corrected chi connectivity index (χ3v) is 2.41. The molecule has 0 aliphatic carbocycles. The fourth-order valence-corrected chi connectivity index (χ4v) is 1.56. The maximum absolute atomic E-state index is 12.7. The highest BCUT2D eigenvalue weighted by Crippen LogP contribution is 2.37. The average Bonchev–Trinajstić information content (AvgIpc) is 2.31. The number of hydrogen-bond acceptors (Lipinski definition) is 2. The van der Waals surface area contributed by atoms with E-state index in [-0.39, 0.29) is 17.1 Å². The minimum Gasteiger partial charge on any atom is -0.506 e. The van der Waals surface area contributed by atoms with E-state index in [1.807, 2.05) is 0 Å². The molecule has 0 fully saturated rings. The molecule has 0 amide bonds. The number of benzene rings is 2. The lowest BCUT2D eigenvalue weighted by Gasteiger charge is -2.14. The summed E-state index contributed by atoms with van der Waals surface area (Å²) in [6, 6.07) is 11.2. The van der Waals surface area contributed by atoms with Crippen molar-refractivity contribution in [2.24, 2.45) is 0 Å². The van der Waals surface area contributed by atoms with Crippen molar-refractivity contribution in [1.82, 2.24) is 0 Å². The third-order valence-electron chi connectivity index (χ3n) is 2.41. The predicted octanol–water partition coefficient (Wildman–Crippen LogP) is 4.15. The Bertz CT molecular complexity index is 552. The van der Waals surface area contributed by atoms with Crippen LogP contribution in [0, 0.1) is 0 Å². The summed E-state index contributed by atoms with van der Waals surface area (Å²) in [4.78, 5) is 0. The Hall–Kier alpha value is -2.17. The van der Waals surface area contributed by atoms with Crippen LogP contribution >= 0.6 is 0 Å². The second kappa shape index (κ2) is 4.60. The number of hydrogen-bond donors (Lipinski definition) is 2. The van der Waals surface area contributed by atoms with Crippen LogP contribution in [-0.2, 0) is 6.18 Å². The van der Waals surface area contributed by atoms with Gasteiger partial charge >= 0.3 is 6.18 Å². The van der Waals surface area contributed by atoms with E-state index in [1.165, 1.54) is 30.3 Å². The molecule has 0 aromatic heterocycles. The lowest BCUT2D eigenvalue weighted by Crippen LogP contribution is -2.08. The van der Waals surface area contributed by atoms with Crippen LogP contribution in [-0.4, -0.2) is 5.11 Å². The second-order valence-electron chi connectivity index (χ2n) is 3.69. The van der Waals surface area contributed by atoms with Crippen LogP contribution in [0.3, 0.4) is 0 Å². The Labute approximate surface area is 102 Å². The third kappa shape index (κ3) is 2.56. The number of anilines is 2. The van der Waals surface area contributed by atoms with E-state index in [2.05, 4.69) is 5.32 Å². The quantitative estimate of drug-likeness (QED) is 0.788. The van der Waals surface area contributed by atoms with Gasteiger partial charge in [0.15, 0.2) is 0 Å². The van der Waals surface area contributed by atoms with Gasteiger partial charge in [-0.3, -0.25) is 0 Å². The summed E-state index contributed by atoms with van der Waals surface area (Å²) in [5.74, 6) is -0.102. The lowest BCUT2D eigenvalue weighted by molar-refractivity contribution is -0.136. The van der Waals surface area contributed by atoms with Crippen molar-refractivity contribution < 1.29 is 18.3 Å². The van der Waals surface area contributed by atoms with E-state index in [9.17, 15) is 18.3 Å². The number of alkyl halides is 3. The van der Waals surface area contributed by atoms with E-state index in [0.29, 0.717) is 0 Å². The lowest BCUT2D eigenvalue weighted by atomic mass is 10.1. The molecule has 0 spiro atoms. The molecule has 0 atom stereocenters. The zero-order valence-corrected chi connectivity index (χ0v) is 9.20. The Morgan fingerprint density at radius 3 is 2.00 bits per heavy atom. The SMILES string of the molecule is Oc1ccccc1Nc1ccccc1C(F)(F)F. The van der Waals surface area contributed by atoms with Crippen LogP contribution in [0.25, 0.3) is 0 Å². The number of nitrogens with one attached hydrogen (secondary N) is 1.